The molecule has 1 fully saturated rings. The predicted octanol–water partition coefficient (Wildman–Crippen LogP) is 3.71. The van der Waals surface area contributed by atoms with Crippen LogP contribution >= 0.6 is 0 Å². The van der Waals surface area contributed by atoms with Crippen LogP contribution in [0.25, 0.3) is 33.7 Å². The predicted molar refractivity (Wildman–Crippen MR) is 163 cm³/mol. The highest BCUT2D eigenvalue weighted by Crippen LogP contribution is 2.35. The maximum absolute atomic E-state index is 9.44. The Labute approximate surface area is 244 Å². The highest BCUT2D eigenvalue weighted by atomic mass is 16.5. The van der Waals surface area contributed by atoms with Crippen LogP contribution < -0.4 is 5.32 Å². The van der Waals surface area contributed by atoms with Crippen LogP contribution in [0.4, 0.5) is 0 Å². The first-order valence-electron chi connectivity index (χ1n) is 14.4. The molecule has 2 atom stereocenters. The number of fused-ring (bicyclic) bond motifs is 2. The molecule has 42 heavy (non-hydrogen) atoms. The Morgan fingerprint density at radius 3 is 2.76 bits per heavy atom. The van der Waals surface area contributed by atoms with Crippen LogP contribution in [0, 0.1) is 0 Å². The smallest absolute Gasteiger partial charge is 0.160 e. The molecule has 0 spiro atoms. The third-order valence-electron chi connectivity index (χ3n) is 8.11. The van der Waals surface area contributed by atoms with Gasteiger partial charge in [0.15, 0.2) is 5.65 Å². The largest absolute Gasteiger partial charge is 0.394 e. The minimum Gasteiger partial charge on any atom is -0.394 e. The fraction of sp³-hybridized carbons (Fsp3) is 0.312. The molecule has 10 nitrogen and oxygen atoms in total. The highest BCUT2D eigenvalue weighted by Gasteiger charge is 2.31. The molecular weight excluding hydrogens is 528 g/mol. The second-order valence-electron chi connectivity index (χ2n) is 10.9. The Kier molecular flexibility index (Phi) is 7.02. The molecule has 10 heteroatoms. The lowest BCUT2D eigenvalue weighted by Crippen LogP contribution is -2.43. The molecular formula is C32H34N8O2. The number of aliphatic hydroxyl groups excluding tert-OH is 1. The van der Waals surface area contributed by atoms with Gasteiger partial charge >= 0.3 is 0 Å². The standard InChI is InChI=1S/C32H34N8O2/c1-3-38-18-29(35-20-38)28-9-8-26-25(10-11-33-32(26)36-28)30-15-34-31-14-27(21(2)37-40(30)31)23-6-4-22(5-7-23)16-39-12-13-42-24(17-39)19-41/h4-11,14-15,18,20,24,31,34,41H,3,12-13,16-17,19H2,1-2H3. The van der Waals surface area contributed by atoms with Crippen LogP contribution in [0.2, 0.25) is 0 Å². The lowest BCUT2D eigenvalue weighted by atomic mass is 9.98. The molecule has 3 aromatic heterocycles. The van der Waals surface area contributed by atoms with Crippen LogP contribution in [-0.4, -0.2) is 78.8 Å². The topological polar surface area (TPSA) is 104 Å². The molecule has 0 bridgehead atoms. The number of rotatable bonds is 7. The van der Waals surface area contributed by atoms with E-state index in [1.165, 1.54) is 5.56 Å². The van der Waals surface area contributed by atoms with Gasteiger partial charge in [-0.15, -0.1) is 0 Å². The van der Waals surface area contributed by atoms with Gasteiger partial charge in [0, 0.05) is 61.3 Å². The van der Waals surface area contributed by atoms with E-state index in [1.807, 2.05) is 40.4 Å². The van der Waals surface area contributed by atoms with Gasteiger partial charge < -0.3 is 19.7 Å². The molecule has 3 aliphatic heterocycles. The number of ether oxygens (including phenoxy) is 1. The van der Waals surface area contributed by atoms with E-state index in [2.05, 4.69) is 70.4 Å². The molecule has 7 rings (SSSR count). The van der Waals surface area contributed by atoms with Crippen LogP contribution in [0.1, 0.15) is 30.5 Å². The number of nitrogens with zero attached hydrogens (tertiary/aromatic N) is 7. The molecule has 0 saturated carbocycles. The van der Waals surface area contributed by atoms with Crippen molar-refractivity contribution in [2.45, 2.75) is 39.2 Å². The second kappa shape index (κ2) is 11.1. The maximum atomic E-state index is 9.44. The fourth-order valence-corrected chi connectivity index (χ4v) is 5.83. The first-order chi connectivity index (χ1) is 20.6. The molecule has 1 saturated heterocycles. The summed E-state index contributed by atoms with van der Waals surface area (Å²) in [7, 11) is 0. The summed E-state index contributed by atoms with van der Waals surface area (Å²) < 4.78 is 7.62. The lowest BCUT2D eigenvalue weighted by molar-refractivity contribution is -0.0551. The number of aromatic nitrogens is 4. The molecule has 1 aromatic carbocycles. The van der Waals surface area contributed by atoms with Crippen molar-refractivity contribution in [2.75, 3.05) is 26.3 Å². The summed E-state index contributed by atoms with van der Waals surface area (Å²) in [6, 6.07) is 14.8. The van der Waals surface area contributed by atoms with Gasteiger partial charge in [0.2, 0.25) is 0 Å². The number of benzene rings is 1. The van der Waals surface area contributed by atoms with Crippen LogP contribution in [0.3, 0.4) is 0 Å². The molecule has 0 radical (unpaired) electrons. The second-order valence-corrected chi connectivity index (χ2v) is 10.9. The average Bonchev–Trinajstić information content (AvgIpc) is 3.68. The minimum atomic E-state index is -0.0974. The number of hydrogen-bond donors (Lipinski definition) is 2. The van der Waals surface area contributed by atoms with E-state index in [-0.39, 0.29) is 18.9 Å². The Hall–Kier alpha value is -4.38. The molecule has 0 amide bonds. The number of hydrogen-bond acceptors (Lipinski definition) is 9. The van der Waals surface area contributed by atoms with E-state index in [9.17, 15) is 5.11 Å². The van der Waals surface area contributed by atoms with Crippen molar-refractivity contribution in [3.05, 3.63) is 90.2 Å². The average molecular weight is 563 g/mol. The summed E-state index contributed by atoms with van der Waals surface area (Å²) in [4.78, 5) is 16.2. The minimum absolute atomic E-state index is 0.0618. The Morgan fingerprint density at radius 2 is 1.95 bits per heavy atom. The summed E-state index contributed by atoms with van der Waals surface area (Å²) in [5.74, 6) is 0. The van der Waals surface area contributed by atoms with E-state index >= 15 is 0 Å². The van der Waals surface area contributed by atoms with Crippen molar-refractivity contribution >= 4 is 28.0 Å². The summed E-state index contributed by atoms with van der Waals surface area (Å²) in [5, 5.41) is 21.0. The Balaban J connectivity index is 1.09. The summed E-state index contributed by atoms with van der Waals surface area (Å²) in [6.45, 7) is 8.20. The summed E-state index contributed by atoms with van der Waals surface area (Å²) in [5.41, 5.74) is 8.79. The van der Waals surface area contributed by atoms with Gasteiger partial charge in [0.1, 0.15) is 11.9 Å². The van der Waals surface area contributed by atoms with Crippen molar-refractivity contribution in [3.63, 3.8) is 0 Å². The van der Waals surface area contributed by atoms with Gasteiger partial charge in [-0.2, -0.15) is 5.10 Å². The van der Waals surface area contributed by atoms with Crippen LogP contribution in [0.15, 0.2) is 78.6 Å². The molecule has 2 N–H and O–H groups in total. The number of morpholine rings is 1. The van der Waals surface area contributed by atoms with Crippen molar-refractivity contribution in [2.24, 2.45) is 5.10 Å². The Bertz CT molecular complexity index is 1710. The van der Waals surface area contributed by atoms with Gasteiger partial charge in [0.25, 0.3) is 0 Å². The van der Waals surface area contributed by atoms with Gasteiger partial charge in [-0.25, -0.2) is 20.0 Å². The molecule has 4 aromatic rings. The molecule has 2 unspecified atom stereocenters. The van der Waals surface area contributed by atoms with E-state index in [4.69, 9.17) is 14.8 Å². The van der Waals surface area contributed by atoms with E-state index in [0.29, 0.717) is 12.3 Å². The summed E-state index contributed by atoms with van der Waals surface area (Å²) >= 11 is 0. The van der Waals surface area contributed by atoms with Crippen molar-refractivity contribution in [3.8, 4) is 11.4 Å². The zero-order valence-electron chi connectivity index (χ0n) is 23.8. The number of allylic oxidation sites excluding steroid dienone is 1. The van der Waals surface area contributed by atoms with Crippen LogP contribution in [-0.2, 0) is 17.8 Å². The van der Waals surface area contributed by atoms with E-state index in [1.54, 1.807) is 6.20 Å². The highest BCUT2D eigenvalue weighted by molar-refractivity contribution is 6.23. The zero-order chi connectivity index (χ0) is 28.6. The van der Waals surface area contributed by atoms with Gasteiger partial charge in [-0.1, -0.05) is 24.3 Å². The Morgan fingerprint density at radius 1 is 1.07 bits per heavy atom. The van der Waals surface area contributed by atoms with E-state index < -0.39 is 0 Å². The van der Waals surface area contributed by atoms with Crippen molar-refractivity contribution in [1.82, 2.24) is 34.7 Å². The monoisotopic (exact) mass is 562 g/mol. The zero-order valence-corrected chi connectivity index (χ0v) is 23.8. The molecule has 0 aliphatic carbocycles. The lowest BCUT2D eigenvalue weighted by Gasteiger charge is -2.32. The number of imidazole rings is 1. The number of hydrazone groups is 1. The van der Waals surface area contributed by atoms with Crippen LogP contribution in [0.5, 0.6) is 0 Å². The number of pyridine rings is 2. The van der Waals surface area contributed by atoms with Gasteiger partial charge in [-0.3, -0.25) is 4.90 Å². The normalized spacial score (nSPS) is 20.6. The number of aryl methyl sites for hydroxylation is 1. The SMILES string of the molecule is CCn1cnc(-c2ccc3c(C4=CNC5C=C(c6ccc(CN7CCOC(CO)C7)cc6)C(C)=NN45)ccnc3n2)c1. The fourth-order valence-electron chi connectivity index (χ4n) is 5.83. The van der Waals surface area contributed by atoms with Crippen molar-refractivity contribution < 1.29 is 9.84 Å². The van der Waals surface area contributed by atoms with Crippen molar-refractivity contribution in [1.29, 1.82) is 0 Å². The number of nitrogens with one attached hydrogen (secondary N) is 1. The van der Waals surface area contributed by atoms with Gasteiger partial charge in [-0.05, 0) is 49.2 Å². The maximum Gasteiger partial charge on any atom is 0.160 e. The van der Waals surface area contributed by atoms with E-state index in [0.717, 1.165) is 71.1 Å². The van der Waals surface area contributed by atoms with Gasteiger partial charge in [0.05, 0.1) is 42.7 Å². The summed E-state index contributed by atoms with van der Waals surface area (Å²) in [6.07, 6.45) is 9.71. The third-order valence-corrected chi connectivity index (χ3v) is 8.11. The molecule has 3 aliphatic rings. The first kappa shape index (κ1) is 26.5. The number of aliphatic hydroxyl groups is 1. The molecule has 214 valence electrons. The third kappa shape index (κ3) is 4.98. The molecule has 6 heterocycles. The first-order valence-corrected chi connectivity index (χ1v) is 14.4. The quantitative estimate of drug-likeness (QED) is 0.352.